The molecule has 192 valence electrons. The summed E-state index contributed by atoms with van der Waals surface area (Å²) in [6.07, 6.45) is -0.650. The van der Waals surface area contributed by atoms with E-state index in [9.17, 15) is 28.6 Å². The Bertz CT molecular complexity index is 1250. The van der Waals surface area contributed by atoms with Crippen LogP contribution in [0.5, 0.6) is 0 Å². The van der Waals surface area contributed by atoms with E-state index in [0.717, 1.165) is 0 Å². The summed E-state index contributed by atoms with van der Waals surface area (Å²) in [6, 6.07) is 9.89. The van der Waals surface area contributed by atoms with Gasteiger partial charge in [-0.2, -0.15) is 0 Å². The topological polar surface area (TPSA) is 121 Å². The number of ether oxygens (including phenoxy) is 1. The molecule has 4 N–H and O–H groups in total. The Morgan fingerprint density at radius 1 is 1.19 bits per heavy atom. The van der Waals surface area contributed by atoms with E-state index in [4.69, 9.17) is 16.3 Å². The molecule has 2 aromatic carbocycles. The number of hydrogen-bond donors (Lipinski definition) is 4. The number of aromatic nitrogens is 1. The number of nitrogens with one attached hydrogen (secondary N) is 2. The fourth-order valence-electron chi connectivity index (χ4n) is 3.66. The molecule has 2 unspecified atom stereocenters. The number of carbonyl (C=O) groups excluding carboxylic acids is 2. The number of benzene rings is 2. The lowest BCUT2D eigenvalue weighted by Crippen LogP contribution is -2.42. The Labute approximate surface area is 211 Å². The maximum atomic E-state index is 13.7. The van der Waals surface area contributed by atoms with Crippen LogP contribution in [0.3, 0.4) is 0 Å². The number of carbonyl (C=O) groups is 2. The van der Waals surface area contributed by atoms with Gasteiger partial charge < -0.3 is 20.3 Å². The van der Waals surface area contributed by atoms with Crippen LogP contribution in [-0.2, 0) is 16.1 Å². The van der Waals surface area contributed by atoms with Gasteiger partial charge in [0.05, 0.1) is 29.8 Å². The van der Waals surface area contributed by atoms with Crippen molar-refractivity contribution < 1.29 is 33.3 Å². The van der Waals surface area contributed by atoms with Crippen LogP contribution >= 0.6 is 11.6 Å². The van der Waals surface area contributed by atoms with Gasteiger partial charge in [0.1, 0.15) is 17.5 Å². The molecule has 0 aliphatic rings. The van der Waals surface area contributed by atoms with E-state index in [1.165, 1.54) is 36.5 Å². The molecule has 0 aliphatic heterocycles. The molecule has 0 radical (unpaired) electrons. The molecule has 0 fully saturated rings. The van der Waals surface area contributed by atoms with Crippen LogP contribution in [0.25, 0.3) is 10.8 Å². The number of halogens is 3. The predicted molar refractivity (Wildman–Crippen MR) is 130 cm³/mol. The lowest BCUT2D eigenvalue weighted by atomic mass is 9.80. The average Bonchev–Trinajstić information content (AvgIpc) is 2.84. The molecule has 0 bridgehead atoms. The summed E-state index contributed by atoms with van der Waals surface area (Å²) < 4.78 is 32.3. The van der Waals surface area contributed by atoms with Gasteiger partial charge in [-0.15, -0.1) is 0 Å². The van der Waals surface area contributed by atoms with Crippen molar-refractivity contribution in [3.05, 3.63) is 70.9 Å². The second-order valence-corrected chi connectivity index (χ2v) is 8.95. The summed E-state index contributed by atoms with van der Waals surface area (Å²) in [6.45, 7) is 0.732. The molecule has 0 aliphatic carbocycles. The number of anilines is 1. The van der Waals surface area contributed by atoms with E-state index in [1.807, 2.05) is 0 Å². The largest absolute Gasteiger partial charge is 0.449 e. The molecule has 1 aromatic heterocycles. The standard InChI is InChI=1S/C25H26ClF2N3O5/c1-25(11-19(33)14-32,23(34)30-13-16-3-2-4-20(28)22(16)26)7-8-36-24(35)31-21-10-17-9-18(27)6-5-15(17)12-29-21/h2-6,9-10,12,19,32-33H,7-8,11,13-14H2,1H3,(H,30,34)(H,29,31,35). The van der Waals surface area contributed by atoms with Crippen molar-refractivity contribution >= 4 is 40.2 Å². The number of amides is 2. The van der Waals surface area contributed by atoms with E-state index >= 15 is 0 Å². The van der Waals surface area contributed by atoms with Gasteiger partial charge in [0.2, 0.25) is 5.91 Å². The van der Waals surface area contributed by atoms with Crippen LogP contribution in [0.2, 0.25) is 5.02 Å². The van der Waals surface area contributed by atoms with Crippen LogP contribution in [0, 0.1) is 17.0 Å². The lowest BCUT2D eigenvalue weighted by Gasteiger charge is -2.30. The molecule has 3 rings (SSSR count). The molecule has 0 saturated carbocycles. The fourth-order valence-corrected chi connectivity index (χ4v) is 3.85. The van der Waals surface area contributed by atoms with Gasteiger partial charge in [-0.05, 0) is 54.1 Å². The van der Waals surface area contributed by atoms with Crippen molar-refractivity contribution in [1.29, 1.82) is 0 Å². The molecule has 3 aromatic rings. The van der Waals surface area contributed by atoms with Crippen molar-refractivity contribution in [2.24, 2.45) is 5.41 Å². The molecule has 11 heteroatoms. The maximum absolute atomic E-state index is 13.7. The number of rotatable bonds is 10. The molecule has 1 heterocycles. The van der Waals surface area contributed by atoms with Gasteiger partial charge in [0, 0.05) is 18.1 Å². The monoisotopic (exact) mass is 521 g/mol. The van der Waals surface area contributed by atoms with Crippen LogP contribution in [0.4, 0.5) is 19.4 Å². The molecule has 2 amide bonds. The normalized spacial score (nSPS) is 13.6. The highest BCUT2D eigenvalue weighted by atomic mass is 35.5. The minimum Gasteiger partial charge on any atom is -0.449 e. The summed E-state index contributed by atoms with van der Waals surface area (Å²) in [4.78, 5) is 29.3. The number of fused-ring (bicyclic) bond motifs is 1. The van der Waals surface area contributed by atoms with Gasteiger partial charge in [-0.25, -0.2) is 18.6 Å². The first-order chi connectivity index (χ1) is 17.1. The molecular formula is C25H26ClF2N3O5. The average molecular weight is 522 g/mol. The van der Waals surface area contributed by atoms with Crippen molar-refractivity contribution in [2.45, 2.75) is 32.4 Å². The first-order valence-corrected chi connectivity index (χ1v) is 11.5. The SMILES string of the molecule is CC(CCOC(=O)Nc1cc2cc(F)ccc2cn1)(CC(O)CO)C(=O)NCc1cccc(F)c1Cl. The van der Waals surface area contributed by atoms with Crippen LogP contribution in [0.15, 0.2) is 48.7 Å². The number of pyridine rings is 1. The molecule has 2 atom stereocenters. The summed E-state index contributed by atoms with van der Waals surface area (Å²) >= 11 is 5.94. The van der Waals surface area contributed by atoms with Crippen LogP contribution < -0.4 is 10.6 Å². The molecule has 0 spiro atoms. The minimum absolute atomic E-state index is 0.0105. The van der Waals surface area contributed by atoms with Crippen molar-refractivity contribution in [3.8, 4) is 0 Å². The van der Waals surface area contributed by atoms with Gasteiger partial charge in [-0.1, -0.05) is 30.7 Å². The zero-order valence-corrected chi connectivity index (χ0v) is 20.2. The molecule has 36 heavy (non-hydrogen) atoms. The number of hydrogen-bond acceptors (Lipinski definition) is 6. The zero-order chi connectivity index (χ0) is 26.3. The quantitative estimate of drug-likeness (QED) is 0.318. The number of aliphatic hydroxyl groups is 2. The second-order valence-electron chi connectivity index (χ2n) is 8.57. The third kappa shape index (κ3) is 7.09. The highest BCUT2D eigenvalue weighted by Crippen LogP contribution is 2.29. The van der Waals surface area contributed by atoms with Gasteiger partial charge in [-0.3, -0.25) is 10.1 Å². The van der Waals surface area contributed by atoms with Crippen molar-refractivity contribution in [2.75, 3.05) is 18.5 Å². The molecule has 0 saturated heterocycles. The first-order valence-electron chi connectivity index (χ1n) is 11.1. The summed E-state index contributed by atoms with van der Waals surface area (Å²) in [5.41, 5.74) is -0.866. The lowest BCUT2D eigenvalue weighted by molar-refractivity contribution is -0.133. The van der Waals surface area contributed by atoms with E-state index < -0.39 is 41.8 Å². The fraction of sp³-hybridized carbons (Fsp3) is 0.320. The predicted octanol–water partition coefficient (Wildman–Crippen LogP) is 4.17. The van der Waals surface area contributed by atoms with E-state index in [0.29, 0.717) is 16.3 Å². The Kier molecular flexibility index (Phi) is 9.14. The highest BCUT2D eigenvalue weighted by molar-refractivity contribution is 6.31. The highest BCUT2D eigenvalue weighted by Gasteiger charge is 2.35. The minimum atomic E-state index is -1.24. The van der Waals surface area contributed by atoms with E-state index in [1.54, 1.807) is 19.1 Å². The van der Waals surface area contributed by atoms with Crippen LogP contribution in [-0.4, -0.2) is 46.5 Å². The summed E-state index contributed by atoms with van der Waals surface area (Å²) in [5, 5.41) is 25.4. The first kappa shape index (κ1) is 27.3. The number of aliphatic hydroxyl groups excluding tert-OH is 2. The van der Waals surface area contributed by atoms with E-state index in [2.05, 4.69) is 15.6 Å². The summed E-state index contributed by atoms with van der Waals surface area (Å²) in [5.74, 6) is -1.39. The van der Waals surface area contributed by atoms with Crippen molar-refractivity contribution in [1.82, 2.24) is 10.3 Å². The zero-order valence-electron chi connectivity index (χ0n) is 19.4. The van der Waals surface area contributed by atoms with Crippen molar-refractivity contribution in [3.63, 3.8) is 0 Å². The van der Waals surface area contributed by atoms with Gasteiger partial charge >= 0.3 is 6.09 Å². The van der Waals surface area contributed by atoms with E-state index in [-0.39, 0.29) is 36.8 Å². The molecular weight excluding hydrogens is 496 g/mol. The summed E-state index contributed by atoms with van der Waals surface area (Å²) in [7, 11) is 0. The Hall–Kier alpha value is -3.34. The third-order valence-electron chi connectivity index (χ3n) is 5.72. The van der Waals surface area contributed by atoms with Gasteiger partial charge in [0.15, 0.2) is 0 Å². The second kappa shape index (κ2) is 12.1. The maximum Gasteiger partial charge on any atom is 0.412 e. The Morgan fingerprint density at radius 2 is 1.97 bits per heavy atom. The van der Waals surface area contributed by atoms with Crippen LogP contribution in [0.1, 0.15) is 25.3 Å². The third-order valence-corrected chi connectivity index (χ3v) is 6.14. The Morgan fingerprint density at radius 3 is 2.72 bits per heavy atom. The number of nitrogens with zero attached hydrogens (tertiary/aromatic N) is 1. The van der Waals surface area contributed by atoms with Gasteiger partial charge in [0.25, 0.3) is 0 Å². The molecule has 8 nitrogen and oxygen atoms in total. The Balaban J connectivity index is 1.60. The smallest absolute Gasteiger partial charge is 0.412 e.